The Hall–Kier alpha value is -3.60. The molecule has 0 aliphatic carbocycles. The molecule has 0 bridgehead atoms. The van der Waals surface area contributed by atoms with E-state index in [0.717, 1.165) is 34.0 Å². The molecule has 1 aliphatic rings. The minimum Gasteiger partial charge on any atom is -0.497 e. The van der Waals surface area contributed by atoms with Crippen LogP contribution in [-0.4, -0.2) is 20.8 Å². The van der Waals surface area contributed by atoms with Crippen LogP contribution < -0.4 is 25.8 Å². The Morgan fingerprint density at radius 1 is 0.828 bits per heavy atom. The largest absolute Gasteiger partial charge is 0.497 e. The van der Waals surface area contributed by atoms with E-state index in [1.165, 1.54) is 0 Å². The van der Waals surface area contributed by atoms with E-state index in [1.807, 2.05) is 36.4 Å². The first-order chi connectivity index (χ1) is 14.1. The van der Waals surface area contributed by atoms with Gasteiger partial charge in [0.05, 0.1) is 25.5 Å². The molecule has 0 spiro atoms. The molecule has 0 saturated heterocycles. The van der Waals surface area contributed by atoms with Crippen LogP contribution in [0.3, 0.4) is 0 Å². The molecular formula is C24H25N3O2. The lowest BCUT2D eigenvalue weighted by molar-refractivity contribution is 0.414. The molecule has 0 saturated carbocycles. The van der Waals surface area contributed by atoms with Crippen LogP contribution >= 0.6 is 0 Å². The van der Waals surface area contributed by atoms with Gasteiger partial charge >= 0.3 is 0 Å². The number of nitrogens with two attached hydrogens (primary N) is 1. The Morgan fingerprint density at radius 3 is 2.17 bits per heavy atom. The molecule has 1 heterocycles. The smallest absolute Gasteiger partial charge is 0.120 e. The van der Waals surface area contributed by atoms with Crippen molar-refractivity contribution in [1.29, 1.82) is 0 Å². The minimum absolute atomic E-state index is 0.345. The molecule has 0 fully saturated rings. The summed E-state index contributed by atoms with van der Waals surface area (Å²) in [5.74, 6) is 2.34. The molecule has 4 rings (SSSR count). The monoisotopic (exact) mass is 387 g/mol. The third kappa shape index (κ3) is 3.72. The maximum Gasteiger partial charge on any atom is 0.120 e. The quantitative estimate of drug-likeness (QED) is 0.593. The number of nitrogens with one attached hydrogen (secondary N) is 2. The predicted octanol–water partition coefficient (Wildman–Crippen LogP) is 4.14. The molecule has 5 heteroatoms. The molecule has 0 radical (unpaired) electrons. The van der Waals surface area contributed by atoms with Crippen LogP contribution in [0.1, 0.15) is 11.1 Å². The number of rotatable bonds is 6. The highest BCUT2D eigenvalue weighted by molar-refractivity contribution is 5.63. The second-order valence-corrected chi connectivity index (χ2v) is 7.09. The third-order valence-electron chi connectivity index (χ3n) is 5.31. The van der Waals surface area contributed by atoms with E-state index in [0.29, 0.717) is 12.4 Å². The zero-order valence-electron chi connectivity index (χ0n) is 16.6. The summed E-state index contributed by atoms with van der Waals surface area (Å²) in [6.07, 6.45) is 2.10. The van der Waals surface area contributed by atoms with Crippen molar-refractivity contribution < 1.29 is 9.47 Å². The van der Waals surface area contributed by atoms with Crippen molar-refractivity contribution >= 4 is 11.4 Å². The van der Waals surface area contributed by atoms with Crippen molar-refractivity contribution in [2.45, 2.75) is 5.41 Å². The van der Waals surface area contributed by atoms with Gasteiger partial charge in [-0.15, -0.1) is 0 Å². The highest BCUT2D eigenvalue weighted by atomic mass is 16.5. The standard InChI is InChI=1S/C24H25N3O2/c1-28-21-11-9-17(10-12-21)24(15-23(25)26-16-24)18-5-3-6-19(13-18)27-20-7-4-8-22(14-20)29-2/h3-15,26-27H,16,25H2,1-2H3. The molecule has 3 aromatic carbocycles. The molecule has 0 amide bonds. The van der Waals surface area contributed by atoms with E-state index in [-0.39, 0.29) is 5.41 Å². The van der Waals surface area contributed by atoms with Gasteiger partial charge in [-0.2, -0.15) is 0 Å². The minimum atomic E-state index is -0.345. The van der Waals surface area contributed by atoms with E-state index < -0.39 is 0 Å². The van der Waals surface area contributed by atoms with E-state index >= 15 is 0 Å². The third-order valence-corrected chi connectivity index (χ3v) is 5.31. The highest BCUT2D eigenvalue weighted by Gasteiger charge is 2.36. The Bertz CT molecular complexity index is 1030. The summed E-state index contributed by atoms with van der Waals surface area (Å²) < 4.78 is 10.6. The lowest BCUT2D eigenvalue weighted by atomic mass is 9.75. The maximum atomic E-state index is 6.13. The Balaban J connectivity index is 1.71. The van der Waals surface area contributed by atoms with Crippen molar-refractivity contribution in [1.82, 2.24) is 5.32 Å². The van der Waals surface area contributed by atoms with Crippen molar-refractivity contribution in [3.8, 4) is 11.5 Å². The van der Waals surface area contributed by atoms with Crippen LogP contribution in [0.5, 0.6) is 11.5 Å². The molecule has 148 valence electrons. The zero-order chi connectivity index (χ0) is 20.3. The van der Waals surface area contributed by atoms with Gasteiger partial charge < -0.3 is 25.8 Å². The number of methoxy groups -OCH3 is 2. The van der Waals surface area contributed by atoms with Crippen molar-refractivity contribution in [3.63, 3.8) is 0 Å². The van der Waals surface area contributed by atoms with Gasteiger partial charge in [-0.05, 0) is 53.6 Å². The highest BCUT2D eigenvalue weighted by Crippen LogP contribution is 2.38. The van der Waals surface area contributed by atoms with Gasteiger partial charge in [0.15, 0.2) is 0 Å². The molecule has 1 unspecified atom stereocenters. The zero-order valence-corrected chi connectivity index (χ0v) is 16.6. The van der Waals surface area contributed by atoms with E-state index in [4.69, 9.17) is 15.2 Å². The fraction of sp³-hybridized carbons (Fsp3) is 0.167. The summed E-state index contributed by atoms with van der Waals surface area (Å²) in [7, 11) is 3.34. The van der Waals surface area contributed by atoms with Gasteiger partial charge in [-0.25, -0.2) is 0 Å². The summed E-state index contributed by atoms with van der Waals surface area (Å²) >= 11 is 0. The van der Waals surface area contributed by atoms with E-state index in [2.05, 4.69) is 53.1 Å². The Morgan fingerprint density at radius 2 is 1.52 bits per heavy atom. The summed E-state index contributed by atoms with van der Waals surface area (Å²) in [5, 5.41) is 6.76. The number of ether oxygens (including phenoxy) is 2. The Labute approximate surface area is 171 Å². The molecule has 5 nitrogen and oxygen atoms in total. The lowest BCUT2D eigenvalue weighted by Crippen LogP contribution is -2.31. The summed E-state index contributed by atoms with van der Waals surface area (Å²) in [6.45, 7) is 0.702. The molecule has 3 aromatic rings. The van der Waals surface area contributed by atoms with Crippen LogP contribution in [0, 0.1) is 0 Å². The van der Waals surface area contributed by atoms with Gasteiger partial charge in [-0.3, -0.25) is 0 Å². The first-order valence-corrected chi connectivity index (χ1v) is 9.51. The fourth-order valence-corrected chi connectivity index (χ4v) is 3.78. The van der Waals surface area contributed by atoms with Crippen LogP contribution in [0.15, 0.2) is 84.7 Å². The molecule has 1 atom stereocenters. The maximum absolute atomic E-state index is 6.13. The average molecular weight is 387 g/mol. The number of benzene rings is 3. The molecular weight excluding hydrogens is 362 g/mol. The van der Waals surface area contributed by atoms with Crippen LogP contribution in [0.4, 0.5) is 11.4 Å². The molecule has 0 aromatic heterocycles. The molecule has 4 N–H and O–H groups in total. The van der Waals surface area contributed by atoms with Crippen molar-refractivity contribution in [2.75, 3.05) is 26.1 Å². The first-order valence-electron chi connectivity index (χ1n) is 9.51. The van der Waals surface area contributed by atoms with Gasteiger partial charge in [0, 0.05) is 24.0 Å². The Kier molecular flexibility index (Phi) is 5.04. The fourth-order valence-electron chi connectivity index (χ4n) is 3.78. The second-order valence-electron chi connectivity index (χ2n) is 7.09. The van der Waals surface area contributed by atoms with Gasteiger partial charge in [0.1, 0.15) is 11.5 Å². The number of hydrogen-bond acceptors (Lipinski definition) is 5. The number of anilines is 2. The number of hydrogen-bond donors (Lipinski definition) is 3. The normalized spacial score (nSPS) is 17.9. The SMILES string of the molecule is COc1ccc(C2(c3cccc(Nc4cccc(OC)c4)c3)C=C(N)NC2)cc1. The molecule has 29 heavy (non-hydrogen) atoms. The van der Waals surface area contributed by atoms with Crippen LogP contribution in [-0.2, 0) is 5.41 Å². The summed E-state index contributed by atoms with van der Waals surface area (Å²) in [5.41, 5.74) is 10.1. The summed E-state index contributed by atoms with van der Waals surface area (Å²) in [6, 6.07) is 24.5. The van der Waals surface area contributed by atoms with Crippen molar-refractivity contribution in [3.05, 3.63) is 95.8 Å². The van der Waals surface area contributed by atoms with Gasteiger partial charge in [0.2, 0.25) is 0 Å². The average Bonchev–Trinajstić information content (AvgIpc) is 3.17. The topological polar surface area (TPSA) is 68.5 Å². The predicted molar refractivity (Wildman–Crippen MR) is 117 cm³/mol. The first kappa shape index (κ1) is 18.7. The summed E-state index contributed by atoms with van der Waals surface area (Å²) in [4.78, 5) is 0. The lowest BCUT2D eigenvalue weighted by Gasteiger charge is -2.28. The second kappa shape index (κ2) is 7.80. The van der Waals surface area contributed by atoms with Crippen LogP contribution in [0.2, 0.25) is 0 Å². The van der Waals surface area contributed by atoms with E-state index in [9.17, 15) is 0 Å². The van der Waals surface area contributed by atoms with E-state index in [1.54, 1.807) is 14.2 Å². The van der Waals surface area contributed by atoms with Gasteiger partial charge in [-0.1, -0.05) is 30.3 Å². The van der Waals surface area contributed by atoms with Gasteiger partial charge in [0.25, 0.3) is 0 Å². The van der Waals surface area contributed by atoms with Crippen LogP contribution in [0.25, 0.3) is 0 Å². The molecule has 1 aliphatic heterocycles. The van der Waals surface area contributed by atoms with Crippen molar-refractivity contribution in [2.24, 2.45) is 5.73 Å².